The summed E-state index contributed by atoms with van der Waals surface area (Å²) in [6.07, 6.45) is 7.59. The largest absolute Gasteiger partial charge is 0.507 e. The molecule has 0 fully saturated rings. The standard InChI is InChI=1S/C28H40N6O4/c1-33(2)15-9-5-7-13-29-18-20-22(36)17-23(37)27-25(20)32-26-21(35)12-11-19(24(26)31-27)28(38)30-14-8-6-10-16-34(3)4/h11-12,17-18,29,31,36H,5-10,13-16H2,1-4H3,(H,30,38)/b20-18-. The molecule has 0 aliphatic rings. The maximum atomic E-state index is 12.9. The number of H-pyrrole nitrogens is 1. The summed E-state index contributed by atoms with van der Waals surface area (Å²) in [6.45, 7) is 3.23. The lowest BCUT2D eigenvalue weighted by molar-refractivity contribution is 0.0954. The summed E-state index contributed by atoms with van der Waals surface area (Å²) in [7, 11) is 8.15. The van der Waals surface area contributed by atoms with Crippen LogP contribution < -0.4 is 26.7 Å². The molecule has 0 radical (unpaired) electrons. The number of fused-ring (bicyclic) bond motifs is 2. The number of aromatic nitrogens is 2. The molecule has 10 nitrogen and oxygen atoms in total. The van der Waals surface area contributed by atoms with Gasteiger partial charge in [0.2, 0.25) is 10.9 Å². The second-order valence-corrected chi connectivity index (χ2v) is 10.2. The molecule has 4 N–H and O–H groups in total. The van der Waals surface area contributed by atoms with E-state index in [0.717, 1.165) is 57.7 Å². The van der Waals surface area contributed by atoms with E-state index in [4.69, 9.17) is 0 Å². The molecule has 0 aliphatic carbocycles. The Balaban J connectivity index is 1.85. The van der Waals surface area contributed by atoms with Crippen LogP contribution in [0.2, 0.25) is 0 Å². The molecule has 1 heterocycles. The van der Waals surface area contributed by atoms with Crippen molar-refractivity contribution in [3.63, 3.8) is 0 Å². The highest BCUT2D eigenvalue weighted by molar-refractivity contribution is 6.06. The number of amides is 1. The minimum Gasteiger partial charge on any atom is -0.507 e. The molecular formula is C28H40N6O4. The molecular weight excluding hydrogens is 484 g/mol. The Labute approximate surface area is 222 Å². The van der Waals surface area contributed by atoms with E-state index in [1.54, 1.807) is 6.20 Å². The number of hydrogen-bond donors (Lipinski definition) is 4. The molecule has 0 unspecified atom stereocenters. The van der Waals surface area contributed by atoms with Crippen LogP contribution in [0.25, 0.3) is 28.3 Å². The third-order valence-corrected chi connectivity index (χ3v) is 6.38. The predicted octanol–water partition coefficient (Wildman–Crippen LogP) is 1.38. The molecule has 0 spiro atoms. The van der Waals surface area contributed by atoms with Gasteiger partial charge >= 0.3 is 0 Å². The first-order valence-corrected chi connectivity index (χ1v) is 13.2. The molecule has 2 aromatic carbocycles. The van der Waals surface area contributed by atoms with Crippen LogP contribution in [0.1, 0.15) is 48.9 Å². The first kappa shape index (κ1) is 29.1. The van der Waals surface area contributed by atoms with Gasteiger partial charge in [0.15, 0.2) is 0 Å². The van der Waals surface area contributed by atoms with Crippen LogP contribution in [-0.2, 0) is 0 Å². The lowest BCUT2D eigenvalue weighted by Crippen LogP contribution is -2.26. The highest BCUT2D eigenvalue weighted by Crippen LogP contribution is 2.15. The predicted molar refractivity (Wildman–Crippen MR) is 153 cm³/mol. The third kappa shape index (κ3) is 7.75. The molecule has 0 saturated carbocycles. The molecule has 0 aliphatic heterocycles. The fraction of sp³-hybridized carbons (Fsp3) is 0.500. The van der Waals surface area contributed by atoms with Crippen molar-refractivity contribution in [2.45, 2.75) is 38.5 Å². The molecule has 0 bridgehead atoms. The van der Waals surface area contributed by atoms with Crippen LogP contribution in [0.5, 0.6) is 5.75 Å². The van der Waals surface area contributed by atoms with Crippen LogP contribution in [-0.4, -0.2) is 85.2 Å². The van der Waals surface area contributed by atoms with Gasteiger partial charge < -0.3 is 30.5 Å². The summed E-state index contributed by atoms with van der Waals surface area (Å²) < 4.78 is 0. The van der Waals surface area contributed by atoms with Crippen LogP contribution >= 0.6 is 0 Å². The van der Waals surface area contributed by atoms with Crippen LogP contribution in [0.3, 0.4) is 0 Å². The average molecular weight is 525 g/mol. The number of aromatic amines is 1. The number of hydrogen-bond acceptors (Lipinski definition) is 8. The van der Waals surface area contributed by atoms with Gasteiger partial charge in [0.1, 0.15) is 22.3 Å². The van der Waals surface area contributed by atoms with Gasteiger partial charge in [0, 0.05) is 25.4 Å². The van der Waals surface area contributed by atoms with Crippen LogP contribution in [0, 0.1) is 0 Å². The third-order valence-electron chi connectivity index (χ3n) is 6.38. The monoisotopic (exact) mass is 524 g/mol. The zero-order valence-electron chi connectivity index (χ0n) is 22.9. The average Bonchev–Trinajstić information content (AvgIpc) is 2.86. The maximum Gasteiger partial charge on any atom is 0.253 e. The fourth-order valence-corrected chi connectivity index (χ4v) is 4.29. The second kappa shape index (κ2) is 13.9. The number of nitrogens with zero attached hydrogens (tertiary/aromatic N) is 3. The highest BCUT2D eigenvalue weighted by atomic mass is 16.3. The normalized spacial score (nSPS) is 12.2. The van der Waals surface area contributed by atoms with Crippen molar-refractivity contribution in [2.24, 2.45) is 0 Å². The zero-order valence-corrected chi connectivity index (χ0v) is 22.9. The van der Waals surface area contributed by atoms with Crippen molar-refractivity contribution in [1.29, 1.82) is 0 Å². The van der Waals surface area contributed by atoms with Gasteiger partial charge in [0.05, 0.1) is 16.3 Å². The van der Waals surface area contributed by atoms with E-state index in [2.05, 4.69) is 30.4 Å². The van der Waals surface area contributed by atoms with Gasteiger partial charge in [-0.15, -0.1) is 0 Å². The summed E-state index contributed by atoms with van der Waals surface area (Å²) in [5.41, 5.74) is -0.0607. The lowest BCUT2D eigenvalue weighted by atomic mass is 10.1. The van der Waals surface area contributed by atoms with Crippen molar-refractivity contribution < 1.29 is 9.90 Å². The molecule has 1 aromatic heterocycles. The van der Waals surface area contributed by atoms with Crippen molar-refractivity contribution in [3.8, 4) is 5.75 Å². The van der Waals surface area contributed by atoms with Crippen LogP contribution in [0.4, 0.5) is 0 Å². The van der Waals surface area contributed by atoms with E-state index in [1.165, 1.54) is 12.1 Å². The van der Waals surface area contributed by atoms with E-state index < -0.39 is 5.43 Å². The number of carbonyl (C=O) groups excluding carboxylic acids is 1. The molecule has 3 aromatic rings. The lowest BCUT2D eigenvalue weighted by Gasteiger charge is -2.11. The summed E-state index contributed by atoms with van der Waals surface area (Å²) in [5.74, 6) is -0.563. The SMILES string of the molecule is CN(C)CCCCCN/C=c1/c(O)cc(=O)c2[nH]c3c(C(=O)NCCCCCN(C)C)ccc(=O)c3nc12. The topological polar surface area (TPSA) is 131 Å². The smallest absolute Gasteiger partial charge is 0.253 e. The number of phenolic OH excluding ortho intramolecular Hbond substituents is 1. The quantitative estimate of drug-likeness (QED) is 0.184. The molecule has 10 heteroatoms. The maximum absolute atomic E-state index is 12.9. The van der Waals surface area contributed by atoms with Gasteiger partial charge in [-0.05, 0) is 79.1 Å². The second-order valence-electron chi connectivity index (χ2n) is 10.2. The van der Waals surface area contributed by atoms with Gasteiger partial charge in [0.25, 0.3) is 5.91 Å². The highest BCUT2D eigenvalue weighted by Gasteiger charge is 2.16. The minimum absolute atomic E-state index is 0.0412. The number of benzene rings is 2. The summed E-state index contributed by atoms with van der Waals surface area (Å²) in [5, 5.41) is 16.9. The number of rotatable bonds is 14. The van der Waals surface area contributed by atoms with Crippen LogP contribution in [0.15, 0.2) is 27.8 Å². The molecule has 0 saturated heterocycles. The number of unbranched alkanes of at least 4 members (excludes halogenated alkanes) is 4. The van der Waals surface area contributed by atoms with E-state index in [9.17, 15) is 19.5 Å². The number of aromatic hydroxyl groups is 1. The van der Waals surface area contributed by atoms with Gasteiger partial charge in [-0.2, -0.15) is 0 Å². The first-order chi connectivity index (χ1) is 18.2. The molecule has 3 rings (SSSR count). The van der Waals surface area contributed by atoms with E-state index >= 15 is 0 Å². The Kier molecular flexibility index (Phi) is 10.6. The summed E-state index contributed by atoms with van der Waals surface area (Å²) >= 11 is 0. The number of nitrogens with one attached hydrogen (secondary N) is 3. The molecule has 1 amide bonds. The molecule has 0 atom stereocenters. The Morgan fingerprint density at radius 3 is 2.21 bits per heavy atom. The van der Waals surface area contributed by atoms with Crippen molar-refractivity contribution in [1.82, 2.24) is 30.4 Å². The Morgan fingerprint density at radius 1 is 0.895 bits per heavy atom. The minimum atomic E-state index is -0.476. The Hall–Kier alpha value is -3.50. The van der Waals surface area contributed by atoms with Gasteiger partial charge in [-0.25, -0.2) is 4.98 Å². The molecule has 206 valence electrons. The van der Waals surface area contributed by atoms with E-state index in [0.29, 0.717) is 18.3 Å². The summed E-state index contributed by atoms with van der Waals surface area (Å²) in [6, 6.07) is 3.87. The van der Waals surface area contributed by atoms with Crippen molar-refractivity contribution >= 4 is 34.2 Å². The zero-order chi connectivity index (χ0) is 27.7. The van der Waals surface area contributed by atoms with E-state index in [-0.39, 0.29) is 44.7 Å². The van der Waals surface area contributed by atoms with E-state index in [1.807, 2.05) is 28.2 Å². The van der Waals surface area contributed by atoms with Gasteiger partial charge in [-0.3, -0.25) is 14.4 Å². The summed E-state index contributed by atoms with van der Waals surface area (Å²) in [4.78, 5) is 50.1. The Bertz CT molecular complexity index is 1420. The van der Waals surface area contributed by atoms with Gasteiger partial charge in [-0.1, -0.05) is 12.8 Å². The first-order valence-electron chi connectivity index (χ1n) is 13.2. The fourth-order valence-electron chi connectivity index (χ4n) is 4.29. The van der Waals surface area contributed by atoms with Crippen molar-refractivity contribution in [2.75, 3.05) is 54.4 Å². The number of phenols is 1. The number of carbonyl (C=O) groups is 1. The molecule has 38 heavy (non-hydrogen) atoms. The van der Waals surface area contributed by atoms with Crippen molar-refractivity contribution in [3.05, 3.63) is 49.4 Å². The Morgan fingerprint density at radius 2 is 1.55 bits per heavy atom.